The molecule has 29 heavy (non-hydrogen) atoms. The molecule has 1 fully saturated rings. The summed E-state index contributed by atoms with van der Waals surface area (Å²) in [7, 11) is 0. The summed E-state index contributed by atoms with van der Waals surface area (Å²) in [5.41, 5.74) is 1.67. The number of nitrogens with one attached hydrogen (secondary N) is 1. The summed E-state index contributed by atoms with van der Waals surface area (Å²) in [4.78, 5) is 12.1. The van der Waals surface area contributed by atoms with Gasteiger partial charge in [-0.25, -0.2) is 4.39 Å². The SMILES string of the molecule is O=C1N/C(=N/N=C\c2ccc(-c3ccccc3Cl)o2)S[C@H]1Cc1ccc(F)cc1. The van der Waals surface area contributed by atoms with Gasteiger partial charge in [-0.05, 0) is 48.4 Å². The first-order valence-corrected chi connectivity index (χ1v) is 10.0. The molecule has 5 nitrogen and oxygen atoms in total. The van der Waals surface area contributed by atoms with Crippen molar-refractivity contribution >= 4 is 40.7 Å². The standard InChI is InChI=1S/C21H15ClFN3O2S/c22-17-4-2-1-3-16(17)18-10-9-15(28-18)12-24-26-21-25-20(27)19(29-21)11-13-5-7-14(23)8-6-13/h1-10,12,19H,11H2,(H,25,26,27)/b24-12-/t19-/m0/s1. The molecule has 1 aliphatic heterocycles. The van der Waals surface area contributed by atoms with E-state index in [0.717, 1.165) is 11.1 Å². The van der Waals surface area contributed by atoms with Crippen LogP contribution >= 0.6 is 23.4 Å². The van der Waals surface area contributed by atoms with E-state index < -0.39 is 0 Å². The Hall–Kier alpha value is -2.90. The molecule has 0 saturated carbocycles. The highest BCUT2D eigenvalue weighted by Crippen LogP contribution is 2.28. The zero-order valence-electron chi connectivity index (χ0n) is 15.0. The molecule has 0 unspecified atom stereocenters. The Labute approximate surface area is 175 Å². The summed E-state index contributed by atoms with van der Waals surface area (Å²) >= 11 is 7.47. The smallest absolute Gasteiger partial charge is 0.239 e. The van der Waals surface area contributed by atoms with Crippen LogP contribution < -0.4 is 5.32 Å². The number of carbonyl (C=O) groups is 1. The van der Waals surface area contributed by atoms with Crippen LogP contribution in [-0.4, -0.2) is 22.5 Å². The van der Waals surface area contributed by atoms with Crippen LogP contribution in [0.15, 0.2) is 75.3 Å². The largest absolute Gasteiger partial charge is 0.455 e. The van der Waals surface area contributed by atoms with Crippen molar-refractivity contribution in [2.45, 2.75) is 11.7 Å². The van der Waals surface area contributed by atoms with Crippen molar-refractivity contribution in [2.75, 3.05) is 0 Å². The van der Waals surface area contributed by atoms with Crippen molar-refractivity contribution in [3.8, 4) is 11.3 Å². The van der Waals surface area contributed by atoms with Gasteiger partial charge in [-0.3, -0.25) is 4.79 Å². The van der Waals surface area contributed by atoms with E-state index in [1.165, 1.54) is 30.1 Å². The maximum absolute atomic E-state index is 13.0. The monoisotopic (exact) mass is 427 g/mol. The van der Waals surface area contributed by atoms with Gasteiger partial charge < -0.3 is 9.73 Å². The molecule has 0 spiro atoms. The molecule has 1 saturated heterocycles. The average Bonchev–Trinajstić information content (AvgIpc) is 3.31. The van der Waals surface area contributed by atoms with Crippen LogP contribution in [0.25, 0.3) is 11.3 Å². The molecule has 4 rings (SSSR count). The topological polar surface area (TPSA) is 67.0 Å². The van der Waals surface area contributed by atoms with E-state index in [4.69, 9.17) is 16.0 Å². The maximum Gasteiger partial charge on any atom is 0.239 e. The normalized spacial score (nSPS) is 17.9. The number of halogens is 2. The van der Waals surface area contributed by atoms with Crippen molar-refractivity contribution in [3.63, 3.8) is 0 Å². The van der Waals surface area contributed by atoms with Crippen LogP contribution in [0.4, 0.5) is 4.39 Å². The molecular formula is C21H15ClFN3O2S. The minimum absolute atomic E-state index is 0.146. The van der Waals surface area contributed by atoms with Gasteiger partial charge >= 0.3 is 0 Å². The third-order valence-corrected chi connectivity index (χ3v) is 5.61. The first kappa shape index (κ1) is 19.4. The first-order valence-electron chi connectivity index (χ1n) is 8.76. The lowest BCUT2D eigenvalue weighted by Gasteiger charge is -2.04. The van der Waals surface area contributed by atoms with E-state index in [0.29, 0.717) is 28.1 Å². The Kier molecular flexibility index (Phi) is 5.78. The molecule has 2 aromatic carbocycles. The van der Waals surface area contributed by atoms with Crippen LogP contribution in [0, 0.1) is 5.82 Å². The molecule has 0 radical (unpaired) electrons. The number of rotatable bonds is 5. The zero-order valence-corrected chi connectivity index (χ0v) is 16.6. The number of furan rings is 1. The van der Waals surface area contributed by atoms with Crippen LogP contribution in [0.5, 0.6) is 0 Å². The van der Waals surface area contributed by atoms with Crippen molar-refractivity contribution in [1.82, 2.24) is 5.32 Å². The Balaban J connectivity index is 1.39. The van der Waals surface area contributed by atoms with Gasteiger partial charge in [-0.15, -0.1) is 5.10 Å². The van der Waals surface area contributed by atoms with Crippen LogP contribution in [-0.2, 0) is 11.2 Å². The number of benzene rings is 2. The minimum atomic E-state index is -0.329. The summed E-state index contributed by atoms with van der Waals surface area (Å²) in [6, 6.07) is 17.1. The van der Waals surface area contributed by atoms with Gasteiger partial charge in [-0.2, -0.15) is 5.10 Å². The minimum Gasteiger partial charge on any atom is -0.455 e. The second-order valence-corrected chi connectivity index (χ2v) is 7.86. The third kappa shape index (κ3) is 4.75. The van der Waals surface area contributed by atoms with E-state index in [1.54, 1.807) is 30.3 Å². The van der Waals surface area contributed by atoms with E-state index in [2.05, 4.69) is 15.5 Å². The van der Waals surface area contributed by atoms with Crippen LogP contribution in [0.1, 0.15) is 11.3 Å². The number of amides is 1. The predicted octanol–water partition coefficient (Wildman–Crippen LogP) is 4.90. The number of nitrogens with zero attached hydrogens (tertiary/aromatic N) is 2. The second kappa shape index (κ2) is 8.63. The maximum atomic E-state index is 13.0. The van der Waals surface area contributed by atoms with Crippen molar-refractivity contribution in [3.05, 3.63) is 82.8 Å². The van der Waals surface area contributed by atoms with Crippen molar-refractivity contribution in [1.29, 1.82) is 0 Å². The van der Waals surface area contributed by atoms with E-state index in [-0.39, 0.29) is 17.0 Å². The Morgan fingerprint density at radius 2 is 1.93 bits per heavy atom. The molecule has 1 N–H and O–H groups in total. The quantitative estimate of drug-likeness (QED) is 0.465. The second-order valence-electron chi connectivity index (χ2n) is 6.26. The summed E-state index contributed by atoms with van der Waals surface area (Å²) in [5, 5.41) is 11.4. The fraction of sp³-hybridized carbons (Fsp3) is 0.0952. The molecule has 0 aliphatic carbocycles. The van der Waals surface area contributed by atoms with Gasteiger partial charge in [0.05, 0.1) is 16.5 Å². The lowest BCUT2D eigenvalue weighted by Crippen LogP contribution is -2.25. The number of thioether (sulfide) groups is 1. The molecule has 146 valence electrons. The van der Waals surface area contributed by atoms with Crippen LogP contribution in [0.3, 0.4) is 0 Å². The van der Waals surface area contributed by atoms with Gasteiger partial charge in [0.1, 0.15) is 17.3 Å². The summed E-state index contributed by atoms with van der Waals surface area (Å²) < 4.78 is 18.7. The Morgan fingerprint density at radius 1 is 1.14 bits per heavy atom. The molecule has 1 atom stereocenters. The Bertz CT molecular complexity index is 1100. The molecule has 8 heteroatoms. The van der Waals surface area contributed by atoms with Crippen molar-refractivity contribution in [2.24, 2.45) is 10.2 Å². The average molecular weight is 428 g/mol. The van der Waals surface area contributed by atoms with E-state index in [9.17, 15) is 9.18 Å². The molecular weight excluding hydrogens is 413 g/mol. The molecule has 2 heterocycles. The van der Waals surface area contributed by atoms with E-state index in [1.807, 2.05) is 18.2 Å². The molecule has 0 bridgehead atoms. The number of amidine groups is 1. The molecule has 1 aliphatic rings. The molecule has 1 aromatic heterocycles. The van der Waals surface area contributed by atoms with Gasteiger partial charge in [0.25, 0.3) is 0 Å². The first-order chi connectivity index (χ1) is 14.1. The lowest BCUT2D eigenvalue weighted by atomic mass is 10.1. The molecule has 3 aromatic rings. The fourth-order valence-corrected chi connectivity index (χ4v) is 3.98. The highest BCUT2D eigenvalue weighted by molar-refractivity contribution is 8.15. The molecule has 1 amide bonds. The highest BCUT2D eigenvalue weighted by atomic mass is 35.5. The third-order valence-electron chi connectivity index (χ3n) is 4.21. The fourth-order valence-electron chi connectivity index (χ4n) is 2.79. The van der Waals surface area contributed by atoms with Crippen LogP contribution in [0.2, 0.25) is 5.02 Å². The zero-order chi connectivity index (χ0) is 20.2. The van der Waals surface area contributed by atoms with Gasteiger partial charge in [0, 0.05) is 5.56 Å². The summed E-state index contributed by atoms with van der Waals surface area (Å²) in [6.45, 7) is 0. The number of hydrogen-bond donors (Lipinski definition) is 1. The number of hydrogen-bond acceptors (Lipinski definition) is 5. The number of carbonyl (C=O) groups excluding carboxylic acids is 1. The van der Waals surface area contributed by atoms with E-state index >= 15 is 0 Å². The predicted molar refractivity (Wildman–Crippen MR) is 114 cm³/mol. The van der Waals surface area contributed by atoms with Crippen molar-refractivity contribution < 1.29 is 13.6 Å². The van der Waals surface area contributed by atoms with Gasteiger partial charge in [0.15, 0.2) is 5.17 Å². The van der Waals surface area contributed by atoms with Gasteiger partial charge in [0.2, 0.25) is 5.91 Å². The van der Waals surface area contributed by atoms with Gasteiger partial charge in [-0.1, -0.05) is 47.6 Å². The summed E-state index contributed by atoms with van der Waals surface area (Å²) in [5.74, 6) is 0.700. The lowest BCUT2D eigenvalue weighted by molar-refractivity contribution is -0.118. The Morgan fingerprint density at radius 3 is 2.72 bits per heavy atom. The highest BCUT2D eigenvalue weighted by Gasteiger charge is 2.30. The summed E-state index contributed by atoms with van der Waals surface area (Å²) in [6.07, 6.45) is 1.95.